The number of fused-ring (bicyclic) bond motifs is 1. The Balaban J connectivity index is 1.41. The number of hydrogen-bond donors (Lipinski definition) is 2. The van der Waals surface area contributed by atoms with Crippen molar-refractivity contribution in [1.82, 2.24) is 10.2 Å². The minimum atomic E-state index is -0.145. The third kappa shape index (κ3) is 2.37. The number of benzene rings is 2. The summed E-state index contributed by atoms with van der Waals surface area (Å²) < 4.78 is 13.2. The van der Waals surface area contributed by atoms with E-state index >= 15 is 0 Å². The highest BCUT2D eigenvalue weighted by Crippen LogP contribution is 2.38. The Labute approximate surface area is 122 Å². The minimum Gasteiger partial charge on any atom is -0.382 e. The van der Waals surface area contributed by atoms with Gasteiger partial charge in [0.25, 0.3) is 0 Å². The molecule has 2 aromatic carbocycles. The number of aromatic nitrogens is 2. The lowest BCUT2D eigenvalue weighted by molar-refractivity contribution is 0.373. The van der Waals surface area contributed by atoms with E-state index in [4.69, 9.17) is 0 Å². The lowest BCUT2D eigenvalue weighted by Crippen LogP contribution is -2.34. The van der Waals surface area contributed by atoms with Crippen molar-refractivity contribution in [3.05, 3.63) is 60.0 Å². The number of H-pyrrole nitrogens is 1. The van der Waals surface area contributed by atoms with E-state index in [1.165, 1.54) is 6.07 Å². The molecule has 0 radical (unpaired) electrons. The van der Waals surface area contributed by atoms with E-state index in [1.807, 2.05) is 12.3 Å². The van der Waals surface area contributed by atoms with Gasteiger partial charge in [0.2, 0.25) is 0 Å². The average molecular weight is 281 g/mol. The third-order valence-corrected chi connectivity index (χ3v) is 4.27. The number of nitrogens with zero attached hydrogens (tertiary/aromatic N) is 1. The van der Waals surface area contributed by atoms with Crippen LogP contribution in [0.2, 0.25) is 0 Å². The van der Waals surface area contributed by atoms with E-state index < -0.39 is 0 Å². The van der Waals surface area contributed by atoms with Crippen LogP contribution in [-0.2, 0) is 0 Å². The summed E-state index contributed by atoms with van der Waals surface area (Å²) in [7, 11) is 0. The summed E-state index contributed by atoms with van der Waals surface area (Å²) in [5, 5.41) is 11.7. The summed E-state index contributed by atoms with van der Waals surface area (Å²) in [5.74, 6) is 0.322. The fourth-order valence-electron chi connectivity index (χ4n) is 3.03. The molecule has 1 aromatic heterocycles. The molecule has 21 heavy (non-hydrogen) atoms. The van der Waals surface area contributed by atoms with Crippen molar-refractivity contribution in [2.45, 2.75) is 24.8 Å². The van der Waals surface area contributed by atoms with Crippen molar-refractivity contribution < 1.29 is 4.39 Å². The van der Waals surface area contributed by atoms with Gasteiger partial charge in [0, 0.05) is 17.1 Å². The molecule has 0 saturated heterocycles. The third-order valence-electron chi connectivity index (χ3n) is 4.27. The highest BCUT2D eigenvalue weighted by molar-refractivity contribution is 5.81. The predicted molar refractivity (Wildman–Crippen MR) is 81.9 cm³/mol. The molecule has 1 aliphatic carbocycles. The van der Waals surface area contributed by atoms with Crippen LogP contribution in [-0.4, -0.2) is 16.2 Å². The first-order chi connectivity index (χ1) is 10.3. The van der Waals surface area contributed by atoms with Crippen LogP contribution in [0.5, 0.6) is 0 Å². The number of nitrogens with one attached hydrogen (secondary N) is 2. The molecule has 1 aliphatic rings. The molecule has 0 bridgehead atoms. The van der Waals surface area contributed by atoms with Gasteiger partial charge in [0.15, 0.2) is 0 Å². The maximum absolute atomic E-state index is 13.2. The fourth-order valence-corrected chi connectivity index (χ4v) is 3.03. The molecule has 0 spiro atoms. The SMILES string of the molecule is Fc1cccc(C2CC(Nc3ccc4cn[nH]c4c3)C2)c1. The van der Waals surface area contributed by atoms with Crippen molar-refractivity contribution >= 4 is 16.6 Å². The molecule has 3 aromatic rings. The second-order valence-electron chi connectivity index (χ2n) is 5.74. The first kappa shape index (κ1) is 12.4. The summed E-state index contributed by atoms with van der Waals surface area (Å²) in [6.07, 6.45) is 3.91. The smallest absolute Gasteiger partial charge is 0.123 e. The summed E-state index contributed by atoms with van der Waals surface area (Å²) in [5.41, 5.74) is 3.26. The topological polar surface area (TPSA) is 40.7 Å². The van der Waals surface area contributed by atoms with Gasteiger partial charge in [-0.3, -0.25) is 5.10 Å². The van der Waals surface area contributed by atoms with Crippen LogP contribution in [0.25, 0.3) is 10.9 Å². The zero-order chi connectivity index (χ0) is 14.2. The zero-order valence-corrected chi connectivity index (χ0v) is 11.5. The molecule has 4 rings (SSSR count). The van der Waals surface area contributed by atoms with E-state index in [1.54, 1.807) is 12.1 Å². The maximum atomic E-state index is 13.2. The van der Waals surface area contributed by atoms with E-state index in [0.717, 1.165) is 35.0 Å². The largest absolute Gasteiger partial charge is 0.382 e. The maximum Gasteiger partial charge on any atom is 0.123 e. The van der Waals surface area contributed by atoms with E-state index in [0.29, 0.717) is 12.0 Å². The van der Waals surface area contributed by atoms with E-state index in [-0.39, 0.29) is 5.82 Å². The number of rotatable bonds is 3. The Morgan fingerprint density at radius 1 is 1.14 bits per heavy atom. The molecule has 0 atom stereocenters. The lowest BCUT2D eigenvalue weighted by Gasteiger charge is -2.37. The van der Waals surface area contributed by atoms with Gasteiger partial charge >= 0.3 is 0 Å². The van der Waals surface area contributed by atoms with Crippen LogP contribution in [0, 0.1) is 5.82 Å². The standard InChI is InChI=1S/C17H16FN3/c18-14-3-1-2-11(6-14)13-7-16(8-13)20-15-5-4-12-10-19-21-17(12)9-15/h1-6,9-10,13,16,20H,7-8H2,(H,19,21). The minimum absolute atomic E-state index is 0.145. The zero-order valence-electron chi connectivity index (χ0n) is 11.5. The normalized spacial score (nSPS) is 21.2. The Hall–Kier alpha value is -2.36. The fraction of sp³-hybridized carbons (Fsp3) is 0.235. The molecule has 106 valence electrons. The van der Waals surface area contributed by atoms with Crippen LogP contribution in [0.1, 0.15) is 24.3 Å². The van der Waals surface area contributed by atoms with Gasteiger partial charge in [-0.05, 0) is 54.7 Å². The highest BCUT2D eigenvalue weighted by atomic mass is 19.1. The first-order valence-corrected chi connectivity index (χ1v) is 7.23. The van der Waals surface area contributed by atoms with Crippen LogP contribution < -0.4 is 5.32 Å². The van der Waals surface area contributed by atoms with E-state index in [9.17, 15) is 4.39 Å². The Morgan fingerprint density at radius 3 is 2.90 bits per heavy atom. The van der Waals surface area contributed by atoms with Gasteiger partial charge < -0.3 is 5.32 Å². The number of hydrogen-bond acceptors (Lipinski definition) is 2. The number of anilines is 1. The molecule has 1 fully saturated rings. The van der Waals surface area contributed by atoms with Crippen molar-refractivity contribution in [3.63, 3.8) is 0 Å². The van der Waals surface area contributed by atoms with Gasteiger partial charge in [-0.2, -0.15) is 5.10 Å². The molecule has 0 aliphatic heterocycles. The molecule has 1 heterocycles. The molecule has 1 saturated carbocycles. The second kappa shape index (κ2) is 4.88. The quantitative estimate of drug-likeness (QED) is 0.760. The van der Waals surface area contributed by atoms with Crippen molar-refractivity contribution in [2.75, 3.05) is 5.32 Å². The molecule has 2 N–H and O–H groups in total. The van der Waals surface area contributed by atoms with Crippen LogP contribution >= 0.6 is 0 Å². The van der Waals surface area contributed by atoms with Gasteiger partial charge in [0.05, 0.1) is 11.7 Å². The Kier molecular flexibility index (Phi) is 2.88. The molecular formula is C17H16FN3. The highest BCUT2D eigenvalue weighted by Gasteiger charge is 2.30. The molecule has 0 unspecified atom stereocenters. The summed E-state index contributed by atoms with van der Waals surface area (Å²) in [4.78, 5) is 0. The summed E-state index contributed by atoms with van der Waals surface area (Å²) >= 11 is 0. The Morgan fingerprint density at radius 2 is 2.05 bits per heavy atom. The molecule has 0 amide bonds. The number of halogens is 1. The van der Waals surface area contributed by atoms with E-state index in [2.05, 4.69) is 33.7 Å². The summed E-state index contributed by atoms with van der Waals surface area (Å²) in [6.45, 7) is 0. The van der Waals surface area contributed by atoms with Crippen LogP contribution in [0.3, 0.4) is 0 Å². The molecular weight excluding hydrogens is 265 g/mol. The van der Waals surface area contributed by atoms with Crippen LogP contribution in [0.15, 0.2) is 48.7 Å². The van der Waals surface area contributed by atoms with Gasteiger partial charge in [0.1, 0.15) is 5.82 Å². The monoisotopic (exact) mass is 281 g/mol. The summed E-state index contributed by atoms with van der Waals surface area (Å²) in [6, 6.07) is 13.6. The molecule has 3 nitrogen and oxygen atoms in total. The average Bonchev–Trinajstić information content (AvgIpc) is 2.89. The van der Waals surface area contributed by atoms with Crippen LogP contribution in [0.4, 0.5) is 10.1 Å². The van der Waals surface area contributed by atoms with Gasteiger partial charge in [-0.1, -0.05) is 12.1 Å². The molecule has 4 heteroatoms. The lowest BCUT2D eigenvalue weighted by atomic mass is 9.76. The van der Waals surface area contributed by atoms with Gasteiger partial charge in [-0.25, -0.2) is 4.39 Å². The van der Waals surface area contributed by atoms with Crippen molar-refractivity contribution in [3.8, 4) is 0 Å². The predicted octanol–water partition coefficient (Wildman–Crippen LogP) is 4.06. The van der Waals surface area contributed by atoms with Crippen molar-refractivity contribution in [2.24, 2.45) is 0 Å². The van der Waals surface area contributed by atoms with Crippen molar-refractivity contribution in [1.29, 1.82) is 0 Å². The Bertz CT molecular complexity index is 774. The van der Waals surface area contributed by atoms with Gasteiger partial charge in [-0.15, -0.1) is 0 Å². The first-order valence-electron chi connectivity index (χ1n) is 7.23. The number of aromatic amines is 1. The second-order valence-corrected chi connectivity index (χ2v) is 5.74.